The summed E-state index contributed by atoms with van der Waals surface area (Å²) in [6.45, 7) is 6.56. The Bertz CT molecular complexity index is 1050. The van der Waals surface area contributed by atoms with Crippen LogP contribution in [0.2, 0.25) is 0 Å². The number of aliphatic hydroxyl groups excluding tert-OH is 2. The fourth-order valence-electron chi connectivity index (χ4n) is 3.06. The quantitative estimate of drug-likeness (QED) is 0.0311. The van der Waals surface area contributed by atoms with Crippen molar-refractivity contribution < 1.29 is 73.8 Å². The number of hydroxylamine groups is 2. The molecule has 0 aromatic carbocycles. The van der Waals surface area contributed by atoms with E-state index in [1.807, 2.05) is 0 Å². The molecular formula is C32H65N7O15. The van der Waals surface area contributed by atoms with Crippen molar-refractivity contribution in [2.24, 2.45) is 5.73 Å². The molecule has 0 aliphatic carbocycles. The number of rotatable bonds is 26. The molecule has 1 aliphatic rings. The smallest absolute Gasteiger partial charge is 0.352 e. The van der Waals surface area contributed by atoms with Gasteiger partial charge < -0.3 is 66.3 Å². The predicted octanol–water partition coefficient (Wildman–Crippen LogP) is -3.50. The average Bonchev–Trinajstić information content (AvgIpc) is 3.46. The second kappa shape index (κ2) is 39.9. The van der Waals surface area contributed by atoms with Crippen LogP contribution in [0.1, 0.15) is 55.8 Å². The lowest BCUT2D eigenvalue weighted by atomic mass is 10.4. The van der Waals surface area contributed by atoms with Gasteiger partial charge in [0, 0.05) is 40.2 Å². The van der Waals surface area contributed by atoms with Crippen LogP contribution in [0.4, 0.5) is 0 Å². The Balaban J connectivity index is -0.000000235. The van der Waals surface area contributed by atoms with Gasteiger partial charge in [0.2, 0.25) is 29.5 Å². The Hall–Kier alpha value is -4.32. The number of hydrogen-bond donors (Lipinski definition) is 8. The lowest BCUT2D eigenvalue weighted by molar-refractivity contribution is -0.196. The van der Waals surface area contributed by atoms with E-state index in [4.69, 9.17) is 34.9 Å². The third-order valence-electron chi connectivity index (χ3n) is 5.66. The molecule has 1 fully saturated rings. The van der Waals surface area contributed by atoms with Crippen LogP contribution in [0.25, 0.3) is 0 Å². The van der Waals surface area contributed by atoms with E-state index in [9.17, 15) is 38.4 Å². The Morgan fingerprint density at radius 2 is 0.963 bits per heavy atom. The first-order chi connectivity index (χ1) is 24.9. The van der Waals surface area contributed by atoms with Gasteiger partial charge in [0.25, 0.3) is 11.8 Å². The minimum absolute atomic E-state index is 0. The molecule has 0 atom stereocenters. The molecule has 0 radical (unpaired) electrons. The molecule has 0 spiro atoms. The van der Waals surface area contributed by atoms with Gasteiger partial charge in [0.05, 0.1) is 85.7 Å². The van der Waals surface area contributed by atoms with Crippen LogP contribution in [0.15, 0.2) is 0 Å². The molecule has 1 saturated heterocycles. The summed E-state index contributed by atoms with van der Waals surface area (Å²) >= 11 is 0. The highest BCUT2D eigenvalue weighted by Crippen LogP contribution is 2.11. The molecule has 1 rings (SSSR count). The number of carbonyl (C=O) groups is 8. The number of ether oxygens (including phenoxy) is 4. The number of nitrogens with two attached hydrogens (primary N) is 1. The predicted molar refractivity (Wildman–Crippen MR) is 195 cm³/mol. The number of aliphatic hydroxyl groups is 2. The van der Waals surface area contributed by atoms with Gasteiger partial charge in [-0.1, -0.05) is 28.7 Å². The number of carbonyl (C=O) groups excluding carboxylic acids is 8. The number of nitrogens with one attached hydrogen (secondary N) is 5. The average molecular weight is 788 g/mol. The second-order valence-electron chi connectivity index (χ2n) is 9.89. The molecule has 0 bridgehead atoms. The largest absolute Gasteiger partial charge is 0.394 e. The van der Waals surface area contributed by atoms with Crippen molar-refractivity contribution in [2.45, 2.75) is 54.4 Å². The van der Waals surface area contributed by atoms with Gasteiger partial charge >= 0.3 is 5.97 Å². The van der Waals surface area contributed by atoms with E-state index in [1.54, 1.807) is 13.8 Å². The van der Waals surface area contributed by atoms with Gasteiger partial charge in [-0.2, -0.15) is 0 Å². The zero-order chi connectivity index (χ0) is 39.4. The highest BCUT2D eigenvalue weighted by Gasteiger charge is 2.32. The molecule has 0 aromatic rings. The second-order valence-corrected chi connectivity index (χ2v) is 9.89. The van der Waals surface area contributed by atoms with E-state index in [-0.39, 0.29) is 92.7 Å². The van der Waals surface area contributed by atoms with E-state index in [2.05, 4.69) is 31.4 Å². The molecule has 0 aromatic heterocycles. The molecular weight excluding hydrogens is 722 g/mol. The Morgan fingerprint density at radius 1 is 0.593 bits per heavy atom. The van der Waals surface area contributed by atoms with Crippen LogP contribution in [0.3, 0.4) is 0 Å². The van der Waals surface area contributed by atoms with Gasteiger partial charge in [-0.15, -0.1) is 5.06 Å². The van der Waals surface area contributed by atoms with Gasteiger partial charge in [0.1, 0.15) is 6.54 Å². The zero-order valence-electron chi connectivity index (χ0n) is 29.9. The third kappa shape index (κ3) is 36.1. The highest BCUT2D eigenvalue weighted by atomic mass is 16.7. The first kappa shape index (κ1) is 56.4. The Kier molecular flexibility index (Phi) is 41.7. The fraction of sp³-hybridized carbons (Fsp3) is 0.750. The van der Waals surface area contributed by atoms with E-state index >= 15 is 0 Å². The summed E-state index contributed by atoms with van der Waals surface area (Å²) in [7, 11) is 0. The summed E-state index contributed by atoms with van der Waals surface area (Å²) in [6, 6.07) is 0. The first-order valence-electron chi connectivity index (χ1n) is 16.6. The van der Waals surface area contributed by atoms with Crippen LogP contribution in [-0.2, 0) is 62.1 Å². The number of amides is 7. The number of nitrogens with zero attached hydrogens (tertiary/aromatic N) is 1. The maximum Gasteiger partial charge on any atom is 0.352 e. The van der Waals surface area contributed by atoms with Crippen molar-refractivity contribution in [1.29, 1.82) is 0 Å². The summed E-state index contributed by atoms with van der Waals surface area (Å²) in [5.74, 6) is -3.98. The Morgan fingerprint density at radius 3 is 1.37 bits per heavy atom. The lowest BCUT2D eigenvalue weighted by Crippen LogP contribution is -2.42. The highest BCUT2D eigenvalue weighted by molar-refractivity contribution is 6.01. The van der Waals surface area contributed by atoms with E-state index in [0.717, 1.165) is 0 Å². The van der Waals surface area contributed by atoms with Crippen molar-refractivity contribution in [3.8, 4) is 0 Å². The molecule has 0 unspecified atom stereocenters. The minimum atomic E-state index is -0.941. The molecule has 1 heterocycles. The first-order valence-corrected chi connectivity index (χ1v) is 16.6. The van der Waals surface area contributed by atoms with Gasteiger partial charge in [0.15, 0.2) is 0 Å². The molecule has 0 saturated carbocycles. The third-order valence-corrected chi connectivity index (χ3v) is 5.66. The van der Waals surface area contributed by atoms with Crippen molar-refractivity contribution in [1.82, 2.24) is 31.6 Å². The van der Waals surface area contributed by atoms with Crippen molar-refractivity contribution >= 4 is 47.3 Å². The molecule has 22 heteroatoms. The van der Waals surface area contributed by atoms with Crippen molar-refractivity contribution in [3.63, 3.8) is 0 Å². The molecule has 318 valence electrons. The number of hydrogen-bond acceptors (Lipinski definition) is 16. The SMILES string of the molecule is C.C.CCC(=O)NCC(=O)NCC(=O)NCCOCCOCCO.CCC(=O)NCC(=O)NCC(=O)ON1C(=O)CCC1=O.NCCOCCOCCO.[HH]. The zero-order valence-corrected chi connectivity index (χ0v) is 29.9. The molecule has 1 aliphatic heterocycles. The maximum absolute atomic E-state index is 11.4. The maximum atomic E-state index is 11.4. The van der Waals surface area contributed by atoms with Crippen LogP contribution in [-0.4, -0.2) is 168 Å². The van der Waals surface area contributed by atoms with Crippen molar-refractivity contribution in [3.05, 3.63) is 0 Å². The summed E-state index contributed by atoms with van der Waals surface area (Å²) in [5, 5.41) is 29.0. The van der Waals surface area contributed by atoms with Gasteiger partial charge in [-0.05, 0) is 0 Å². The summed E-state index contributed by atoms with van der Waals surface area (Å²) < 4.78 is 20.1. The van der Waals surface area contributed by atoms with Gasteiger partial charge in [-0.3, -0.25) is 33.6 Å². The standard InChI is InChI=1S/C13H25N3O6.C11H15N3O6.C6H15NO3.2CH4.H2/c1-2-11(18)15-10-13(20)16-9-12(19)14-3-5-21-7-8-22-6-4-17;1-2-7(15)12-5-8(16)13-6-11(19)20-14-9(17)3-4-10(14)18;7-1-3-9-5-6-10-4-2-8;;;/h17H,2-10H2,1H3,(H,14,19)(H,15,18)(H,16,20);2-6H2,1H3,(H,12,15)(H,13,16);8H,1-7H2;2*1H4;1H. The molecule has 22 nitrogen and oxygen atoms in total. The van der Waals surface area contributed by atoms with Crippen LogP contribution >= 0.6 is 0 Å². The normalized spacial score (nSPS) is 11.2. The van der Waals surface area contributed by atoms with E-state index in [1.165, 1.54) is 0 Å². The van der Waals surface area contributed by atoms with Gasteiger partial charge in [-0.25, -0.2) is 4.79 Å². The summed E-state index contributed by atoms with van der Waals surface area (Å²) in [4.78, 5) is 93.9. The topological polar surface area (TPSA) is 313 Å². The Labute approximate surface area is 318 Å². The van der Waals surface area contributed by atoms with Crippen LogP contribution in [0, 0.1) is 0 Å². The van der Waals surface area contributed by atoms with Crippen LogP contribution < -0.4 is 32.3 Å². The fourth-order valence-corrected chi connectivity index (χ4v) is 3.06. The molecule has 54 heavy (non-hydrogen) atoms. The molecule has 7 amide bonds. The summed E-state index contributed by atoms with van der Waals surface area (Å²) in [5.41, 5.74) is 5.16. The summed E-state index contributed by atoms with van der Waals surface area (Å²) in [6.07, 6.45) is 0.552. The van der Waals surface area contributed by atoms with Crippen LogP contribution in [0.5, 0.6) is 0 Å². The van der Waals surface area contributed by atoms with Crippen molar-refractivity contribution in [2.75, 3.05) is 105 Å². The molecule has 9 N–H and O–H groups in total. The minimum Gasteiger partial charge on any atom is -0.394 e. The van der Waals surface area contributed by atoms with E-state index in [0.29, 0.717) is 70.8 Å². The van der Waals surface area contributed by atoms with E-state index < -0.39 is 36.1 Å². The number of imide groups is 1. The lowest BCUT2D eigenvalue weighted by Gasteiger charge is -2.12. The monoisotopic (exact) mass is 787 g/mol.